The summed E-state index contributed by atoms with van der Waals surface area (Å²) in [5.41, 5.74) is 2.40. The van der Waals surface area contributed by atoms with E-state index in [2.05, 4.69) is 23.8 Å². The van der Waals surface area contributed by atoms with Crippen molar-refractivity contribution < 1.29 is 0 Å². The highest BCUT2D eigenvalue weighted by Gasteiger charge is 2.15. The minimum absolute atomic E-state index is 0.583. The third-order valence-corrected chi connectivity index (χ3v) is 3.33. The molecule has 0 radical (unpaired) electrons. The molecule has 3 heteroatoms. The summed E-state index contributed by atoms with van der Waals surface area (Å²) in [5.74, 6) is 1.50. The molecule has 0 atom stereocenters. The summed E-state index contributed by atoms with van der Waals surface area (Å²) in [6, 6.07) is 0. The fraction of sp³-hybridized carbons (Fsp3) is 0.692. The van der Waals surface area contributed by atoms with Crippen LogP contribution in [0.25, 0.3) is 0 Å². The lowest BCUT2D eigenvalue weighted by atomic mass is 10.1. The second-order valence-electron chi connectivity index (χ2n) is 5.01. The molecule has 0 spiro atoms. The lowest BCUT2D eigenvalue weighted by Gasteiger charge is -2.10. The molecule has 2 rings (SSSR count). The standard InChI is InChI=1S/C13H19ClN2/c1-9(2)8-12-15-11-7-5-3-4-6-10(11)13(14)16-12/h9H,3-8H2,1-2H3. The molecule has 0 unspecified atom stereocenters. The Kier molecular flexibility index (Phi) is 3.80. The van der Waals surface area contributed by atoms with E-state index in [0.717, 1.165) is 25.1 Å². The smallest absolute Gasteiger partial charge is 0.136 e. The van der Waals surface area contributed by atoms with Crippen molar-refractivity contribution in [2.24, 2.45) is 5.92 Å². The number of hydrogen-bond donors (Lipinski definition) is 0. The van der Waals surface area contributed by atoms with E-state index in [4.69, 9.17) is 11.6 Å². The topological polar surface area (TPSA) is 25.8 Å². The molecule has 1 aromatic heterocycles. The predicted molar refractivity (Wildman–Crippen MR) is 66.8 cm³/mol. The maximum absolute atomic E-state index is 6.25. The van der Waals surface area contributed by atoms with Gasteiger partial charge in [0, 0.05) is 17.7 Å². The molecule has 1 aliphatic carbocycles. The number of aryl methyl sites for hydroxylation is 1. The van der Waals surface area contributed by atoms with Gasteiger partial charge < -0.3 is 0 Å². The number of hydrogen-bond acceptors (Lipinski definition) is 2. The van der Waals surface area contributed by atoms with Crippen molar-refractivity contribution >= 4 is 11.6 Å². The van der Waals surface area contributed by atoms with Crippen molar-refractivity contribution in [1.82, 2.24) is 9.97 Å². The van der Waals surface area contributed by atoms with E-state index < -0.39 is 0 Å². The number of halogens is 1. The first-order valence-electron chi connectivity index (χ1n) is 6.21. The van der Waals surface area contributed by atoms with Gasteiger partial charge in [0.15, 0.2) is 0 Å². The Hall–Kier alpha value is -0.630. The van der Waals surface area contributed by atoms with Gasteiger partial charge in [0.25, 0.3) is 0 Å². The van der Waals surface area contributed by atoms with Gasteiger partial charge in [-0.05, 0) is 31.6 Å². The Balaban J connectivity index is 2.32. The van der Waals surface area contributed by atoms with Crippen molar-refractivity contribution in [3.8, 4) is 0 Å². The highest BCUT2D eigenvalue weighted by Crippen LogP contribution is 2.25. The second-order valence-corrected chi connectivity index (χ2v) is 5.37. The zero-order valence-corrected chi connectivity index (χ0v) is 10.8. The van der Waals surface area contributed by atoms with Gasteiger partial charge in [0.2, 0.25) is 0 Å². The Morgan fingerprint density at radius 3 is 2.62 bits per heavy atom. The molecule has 1 aromatic rings. The molecule has 1 heterocycles. The van der Waals surface area contributed by atoms with Crippen molar-refractivity contribution in [3.63, 3.8) is 0 Å². The average molecular weight is 239 g/mol. The summed E-state index contributed by atoms with van der Waals surface area (Å²) in [4.78, 5) is 9.10. The fourth-order valence-electron chi connectivity index (χ4n) is 2.23. The maximum Gasteiger partial charge on any atom is 0.136 e. The normalized spacial score (nSPS) is 16.0. The van der Waals surface area contributed by atoms with Crippen LogP contribution in [0.3, 0.4) is 0 Å². The Morgan fingerprint density at radius 1 is 1.12 bits per heavy atom. The zero-order valence-electron chi connectivity index (χ0n) is 10.1. The molecular weight excluding hydrogens is 220 g/mol. The molecule has 0 bridgehead atoms. The van der Waals surface area contributed by atoms with Gasteiger partial charge in [-0.25, -0.2) is 9.97 Å². The summed E-state index contributed by atoms with van der Waals surface area (Å²) >= 11 is 6.25. The van der Waals surface area contributed by atoms with Gasteiger partial charge in [-0.2, -0.15) is 0 Å². The number of aromatic nitrogens is 2. The lowest BCUT2D eigenvalue weighted by molar-refractivity contribution is 0.615. The number of rotatable bonds is 2. The zero-order chi connectivity index (χ0) is 11.5. The van der Waals surface area contributed by atoms with Crippen LogP contribution in [0.4, 0.5) is 0 Å². The minimum Gasteiger partial charge on any atom is -0.238 e. The minimum atomic E-state index is 0.583. The van der Waals surface area contributed by atoms with E-state index >= 15 is 0 Å². The molecule has 16 heavy (non-hydrogen) atoms. The molecule has 1 aliphatic rings. The van der Waals surface area contributed by atoms with E-state index in [0.29, 0.717) is 11.1 Å². The van der Waals surface area contributed by atoms with Crippen molar-refractivity contribution in [1.29, 1.82) is 0 Å². The fourth-order valence-corrected chi connectivity index (χ4v) is 2.53. The van der Waals surface area contributed by atoms with Gasteiger partial charge in [-0.3, -0.25) is 0 Å². The van der Waals surface area contributed by atoms with Gasteiger partial charge >= 0.3 is 0 Å². The maximum atomic E-state index is 6.25. The van der Waals surface area contributed by atoms with Crippen molar-refractivity contribution in [3.05, 3.63) is 22.2 Å². The highest BCUT2D eigenvalue weighted by atomic mass is 35.5. The Morgan fingerprint density at radius 2 is 1.88 bits per heavy atom. The molecule has 0 aliphatic heterocycles. The first kappa shape index (κ1) is 11.8. The summed E-state index contributed by atoms with van der Waals surface area (Å²) in [5, 5.41) is 0.697. The molecule has 0 aromatic carbocycles. The Labute approximate surface area is 102 Å². The molecule has 0 saturated heterocycles. The second kappa shape index (κ2) is 5.13. The molecule has 0 saturated carbocycles. The van der Waals surface area contributed by atoms with Crippen LogP contribution >= 0.6 is 11.6 Å². The van der Waals surface area contributed by atoms with Crippen LogP contribution in [0.1, 0.15) is 50.2 Å². The van der Waals surface area contributed by atoms with Gasteiger partial charge in [-0.1, -0.05) is 31.9 Å². The van der Waals surface area contributed by atoms with Crippen LogP contribution in [0.15, 0.2) is 0 Å². The van der Waals surface area contributed by atoms with E-state index in [1.54, 1.807) is 0 Å². The summed E-state index contributed by atoms with van der Waals surface area (Å²) < 4.78 is 0. The quantitative estimate of drug-likeness (QED) is 0.581. The van der Waals surface area contributed by atoms with Crippen LogP contribution in [0.5, 0.6) is 0 Å². The van der Waals surface area contributed by atoms with Gasteiger partial charge in [0.05, 0.1) is 0 Å². The average Bonchev–Trinajstić information content (AvgIpc) is 2.41. The first-order chi connectivity index (χ1) is 7.66. The van der Waals surface area contributed by atoms with Crippen LogP contribution in [-0.2, 0) is 19.3 Å². The van der Waals surface area contributed by atoms with Crippen molar-refractivity contribution in [2.45, 2.75) is 52.4 Å². The highest BCUT2D eigenvalue weighted by molar-refractivity contribution is 6.30. The summed E-state index contributed by atoms with van der Waals surface area (Å²) in [6.45, 7) is 4.37. The molecule has 0 amide bonds. The van der Waals surface area contributed by atoms with Crippen molar-refractivity contribution in [2.75, 3.05) is 0 Å². The van der Waals surface area contributed by atoms with E-state index in [1.165, 1.54) is 30.5 Å². The van der Waals surface area contributed by atoms with E-state index in [1.807, 2.05) is 0 Å². The van der Waals surface area contributed by atoms with Crippen LogP contribution in [0, 0.1) is 5.92 Å². The number of fused-ring (bicyclic) bond motifs is 1. The van der Waals surface area contributed by atoms with Crippen LogP contribution in [0.2, 0.25) is 5.15 Å². The third kappa shape index (κ3) is 2.73. The molecule has 0 fully saturated rings. The molecular formula is C13H19ClN2. The van der Waals surface area contributed by atoms with E-state index in [-0.39, 0.29) is 0 Å². The van der Waals surface area contributed by atoms with Crippen LogP contribution in [-0.4, -0.2) is 9.97 Å². The molecule has 2 nitrogen and oxygen atoms in total. The number of nitrogens with zero attached hydrogens (tertiary/aromatic N) is 2. The van der Waals surface area contributed by atoms with E-state index in [9.17, 15) is 0 Å². The Bertz CT molecular complexity index is 374. The lowest BCUT2D eigenvalue weighted by Crippen LogP contribution is -2.07. The molecule has 88 valence electrons. The SMILES string of the molecule is CC(C)Cc1nc(Cl)c2c(n1)CCCCC2. The summed E-state index contributed by atoms with van der Waals surface area (Å²) in [6.07, 6.45) is 6.79. The first-order valence-corrected chi connectivity index (χ1v) is 6.58. The monoisotopic (exact) mass is 238 g/mol. The summed E-state index contributed by atoms with van der Waals surface area (Å²) in [7, 11) is 0. The largest absolute Gasteiger partial charge is 0.238 e. The molecule has 0 N–H and O–H groups in total. The predicted octanol–water partition coefficient (Wildman–Crippen LogP) is 3.60. The van der Waals surface area contributed by atoms with Gasteiger partial charge in [0.1, 0.15) is 11.0 Å². The van der Waals surface area contributed by atoms with Gasteiger partial charge in [-0.15, -0.1) is 0 Å². The third-order valence-electron chi connectivity index (χ3n) is 3.02. The van der Waals surface area contributed by atoms with Crippen LogP contribution < -0.4 is 0 Å².